The molecule has 2 aromatic heterocycles. The summed E-state index contributed by atoms with van der Waals surface area (Å²) in [5, 5.41) is 7.38. The van der Waals surface area contributed by atoms with E-state index in [1.165, 1.54) is 12.8 Å². The summed E-state index contributed by atoms with van der Waals surface area (Å²) in [6.07, 6.45) is 6.89. The molecule has 0 saturated heterocycles. The molecule has 20 heavy (non-hydrogen) atoms. The molecule has 0 amide bonds. The highest BCUT2D eigenvalue weighted by molar-refractivity contribution is 5.40. The second kappa shape index (κ2) is 5.48. The van der Waals surface area contributed by atoms with Crippen LogP contribution in [0.15, 0.2) is 18.5 Å². The van der Waals surface area contributed by atoms with Crippen LogP contribution in [0.5, 0.6) is 11.6 Å². The van der Waals surface area contributed by atoms with Gasteiger partial charge < -0.3 is 10.1 Å². The van der Waals surface area contributed by atoms with Crippen molar-refractivity contribution < 1.29 is 4.74 Å². The van der Waals surface area contributed by atoms with Gasteiger partial charge in [0, 0.05) is 25.6 Å². The molecule has 2 heterocycles. The van der Waals surface area contributed by atoms with Gasteiger partial charge in [0.25, 0.3) is 0 Å². The quantitative estimate of drug-likeness (QED) is 0.876. The molecule has 1 N–H and O–H groups in total. The Morgan fingerprint density at radius 1 is 1.40 bits per heavy atom. The van der Waals surface area contributed by atoms with Crippen LogP contribution in [-0.2, 0) is 7.05 Å². The Hall–Kier alpha value is -2.11. The summed E-state index contributed by atoms with van der Waals surface area (Å²) in [7, 11) is 1.86. The Balaban J connectivity index is 1.82. The van der Waals surface area contributed by atoms with Gasteiger partial charge in [0.15, 0.2) is 5.75 Å². The molecular weight excluding hydrogens is 254 g/mol. The zero-order valence-corrected chi connectivity index (χ0v) is 11.8. The van der Waals surface area contributed by atoms with Crippen molar-refractivity contribution in [1.82, 2.24) is 19.7 Å². The zero-order chi connectivity index (χ0) is 13.9. The van der Waals surface area contributed by atoms with Gasteiger partial charge in [-0.3, -0.25) is 4.68 Å². The number of aromatic nitrogens is 4. The van der Waals surface area contributed by atoms with Crippen molar-refractivity contribution in [2.45, 2.75) is 32.1 Å². The van der Waals surface area contributed by atoms with Crippen molar-refractivity contribution in [1.29, 1.82) is 0 Å². The second-order valence-electron chi connectivity index (χ2n) is 5.10. The molecule has 0 atom stereocenters. The van der Waals surface area contributed by atoms with Crippen LogP contribution in [-0.4, -0.2) is 26.3 Å². The van der Waals surface area contributed by atoms with Gasteiger partial charge in [0.05, 0.1) is 12.4 Å². The minimum atomic E-state index is 0.495. The molecule has 106 valence electrons. The lowest BCUT2D eigenvalue weighted by molar-refractivity contribution is 0.458. The van der Waals surface area contributed by atoms with Crippen LogP contribution in [0.1, 0.15) is 37.9 Å². The average molecular weight is 273 g/mol. The normalized spacial score (nSPS) is 14.3. The fraction of sp³-hybridized carbons (Fsp3) is 0.500. The number of hydrogen-bond acceptors (Lipinski definition) is 5. The van der Waals surface area contributed by atoms with E-state index in [0.29, 0.717) is 17.5 Å². The molecule has 0 aliphatic heterocycles. The lowest BCUT2D eigenvalue weighted by Gasteiger charge is -2.09. The molecule has 0 aromatic carbocycles. The van der Waals surface area contributed by atoms with Crippen molar-refractivity contribution in [2.24, 2.45) is 7.05 Å². The largest absolute Gasteiger partial charge is 0.436 e. The topological polar surface area (TPSA) is 64.9 Å². The minimum Gasteiger partial charge on any atom is -0.436 e. The smallest absolute Gasteiger partial charge is 0.224 e. The van der Waals surface area contributed by atoms with Gasteiger partial charge in [0.2, 0.25) is 5.88 Å². The Morgan fingerprint density at radius 3 is 2.90 bits per heavy atom. The van der Waals surface area contributed by atoms with E-state index in [4.69, 9.17) is 4.74 Å². The van der Waals surface area contributed by atoms with Gasteiger partial charge >= 0.3 is 0 Å². The average Bonchev–Trinajstić information content (AvgIpc) is 3.21. The van der Waals surface area contributed by atoms with Crippen molar-refractivity contribution in [3.63, 3.8) is 0 Å². The minimum absolute atomic E-state index is 0.495. The highest BCUT2D eigenvalue weighted by Crippen LogP contribution is 2.39. The number of rotatable bonds is 6. The molecule has 1 aliphatic rings. The third kappa shape index (κ3) is 3.07. The van der Waals surface area contributed by atoms with Gasteiger partial charge in [0.1, 0.15) is 11.6 Å². The maximum Gasteiger partial charge on any atom is 0.224 e. The molecule has 0 bridgehead atoms. The summed E-state index contributed by atoms with van der Waals surface area (Å²) in [6, 6.07) is 1.84. The maximum absolute atomic E-state index is 5.76. The molecule has 2 aromatic rings. The Kier molecular flexibility index (Phi) is 3.54. The summed E-state index contributed by atoms with van der Waals surface area (Å²) < 4.78 is 7.47. The molecular formula is C14H19N5O. The van der Waals surface area contributed by atoms with Crippen molar-refractivity contribution in [2.75, 3.05) is 11.9 Å². The molecule has 1 aliphatic carbocycles. The van der Waals surface area contributed by atoms with Crippen LogP contribution in [0.3, 0.4) is 0 Å². The van der Waals surface area contributed by atoms with Gasteiger partial charge in [-0.05, 0) is 19.3 Å². The molecule has 1 saturated carbocycles. The van der Waals surface area contributed by atoms with E-state index in [-0.39, 0.29) is 0 Å². The van der Waals surface area contributed by atoms with E-state index in [2.05, 4.69) is 27.3 Å². The van der Waals surface area contributed by atoms with Crippen molar-refractivity contribution in [3.05, 3.63) is 24.3 Å². The van der Waals surface area contributed by atoms with Crippen LogP contribution in [0, 0.1) is 0 Å². The number of aryl methyl sites for hydroxylation is 1. The second-order valence-corrected chi connectivity index (χ2v) is 5.10. The van der Waals surface area contributed by atoms with E-state index in [1.807, 2.05) is 19.3 Å². The van der Waals surface area contributed by atoms with E-state index in [1.54, 1.807) is 10.9 Å². The highest BCUT2D eigenvalue weighted by atomic mass is 16.5. The number of anilines is 1. The predicted octanol–water partition coefficient (Wildman–Crippen LogP) is 2.70. The van der Waals surface area contributed by atoms with Gasteiger partial charge in [-0.15, -0.1) is 0 Å². The first-order valence-electron chi connectivity index (χ1n) is 7.04. The van der Waals surface area contributed by atoms with E-state index >= 15 is 0 Å². The molecule has 0 unspecified atom stereocenters. The standard InChI is InChI=1S/C14H19N5O/c1-3-6-15-12-7-13(18-14(17-12)10-4-5-10)20-11-8-16-19(2)9-11/h7-10H,3-6H2,1-2H3,(H,15,17,18). The third-order valence-corrected chi connectivity index (χ3v) is 3.12. The highest BCUT2D eigenvalue weighted by Gasteiger charge is 2.27. The van der Waals surface area contributed by atoms with Crippen molar-refractivity contribution >= 4 is 5.82 Å². The maximum atomic E-state index is 5.76. The molecule has 0 spiro atoms. The Labute approximate surface area is 118 Å². The van der Waals surface area contributed by atoms with Crippen LogP contribution < -0.4 is 10.1 Å². The third-order valence-electron chi connectivity index (χ3n) is 3.12. The SMILES string of the molecule is CCCNc1cc(Oc2cnn(C)c2)nc(C2CC2)n1. The summed E-state index contributed by atoms with van der Waals surface area (Å²) in [5.74, 6) is 3.48. The fourth-order valence-electron chi connectivity index (χ4n) is 1.94. The lowest BCUT2D eigenvalue weighted by Crippen LogP contribution is -2.05. The van der Waals surface area contributed by atoms with E-state index < -0.39 is 0 Å². The fourth-order valence-corrected chi connectivity index (χ4v) is 1.94. The number of nitrogens with one attached hydrogen (secondary N) is 1. The predicted molar refractivity (Wildman–Crippen MR) is 76.1 cm³/mol. The summed E-state index contributed by atoms with van der Waals surface area (Å²) in [4.78, 5) is 9.05. The van der Waals surface area contributed by atoms with Crippen LogP contribution in [0.2, 0.25) is 0 Å². The zero-order valence-electron chi connectivity index (χ0n) is 11.8. The lowest BCUT2D eigenvalue weighted by atomic mass is 10.3. The molecule has 3 rings (SSSR count). The van der Waals surface area contributed by atoms with Gasteiger partial charge in [-0.1, -0.05) is 6.92 Å². The summed E-state index contributed by atoms with van der Waals surface area (Å²) in [5.41, 5.74) is 0. The first kappa shape index (κ1) is 12.9. The van der Waals surface area contributed by atoms with Crippen LogP contribution in [0.4, 0.5) is 5.82 Å². The van der Waals surface area contributed by atoms with Crippen molar-refractivity contribution in [3.8, 4) is 11.6 Å². The number of hydrogen-bond donors (Lipinski definition) is 1. The monoisotopic (exact) mass is 273 g/mol. The van der Waals surface area contributed by atoms with Crippen LogP contribution in [0.25, 0.3) is 0 Å². The first-order valence-corrected chi connectivity index (χ1v) is 7.04. The molecule has 6 nitrogen and oxygen atoms in total. The Bertz CT molecular complexity index is 591. The van der Waals surface area contributed by atoms with Gasteiger partial charge in [-0.2, -0.15) is 10.1 Å². The van der Waals surface area contributed by atoms with Gasteiger partial charge in [-0.25, -0.2) is 4.98 Å². The number of nitrogens with zero attached hydrogens (tertiary/aromatic N) is 4. The summed E-state index contributed by atoms with van der Waals surface area (Å²) >= 11 is 0. The molecule has 1 fully saturated rings. The van der Waals surface area contributed by atoms with E-state index in [9.17, 15) is 0 Å². The Morgan fingerprint density at radius 2 is 2.25 bits per heavy atom. The molecule has 0 radical (unpaired) electrons. The summed E-state index contributed by atoms with van der Waals surface area (Å²) in [6.45, 7) is 3.02. The number of ether oxygens (including phenoxy) is 1. The first-order chi connectivity index (χ1) is 9.74. The molecule has 6 heteroatoms. The van der Waals surface area contributed by atoms with Crippen LogP contribution >= 0.6 is 0 Å². The van der Waals surface area contributed by atoms with E-state index in [0.717, 1.165) is 24.6 Å².